The molecule has 0 heterocycles. The number of rotatable bonds is 13. The highest BCUT2D eigenvalue weighted by Crippen LogP contribution is 2.44. The fraction of sp³-hybridized carbons (Fsp3) is 1.00. The first-order valence-corrected chi connectivity index (χ1v) is 14.9. The van der Waals surface area contributed by atoms with Crippen LogP contribution in [0.4, 0.5) is 0 Å². The van der Waals surface area contributed by atoms with Crippen molar-refractivity contribution in [3.8, 4) is 0 Å². The van der Waals surface area contributed by atoms with Gasteiger partial charge in [-0.25, -0.2) is 0 Å². The van der Waals surface area contributed by atoms with Crippen LogP contribution in [-0.2, 0) is 8.85 Å². The molecule has 0 amide bonds. The summed E-state index contributed by atoms with van der Waals surface area (Å²) in [7, 11) is -3.51. The maximum Gasteiger partial charge on any atom is 0.197 e. The first-order chi connectivity index (χ1) is 11.1. The Morgan fingerprint density at radius 1 is 0.542 bits per heavy atom. The lowest BCUT2D eigenvalue weighted by atomic mass is 10.5. The fourth-order valence-corrected chi connectivity index (χ4v) is 15.2. The highest BCUT2D eigenvalue weighted by atomic mass is 28.4. The van der Waals surface area contributed by atoms with Crippen molar-refractivity contribution in [1.82, 2.24) is 0 Å². The maximum absolute atomic E-state index is 6.67. The predicted octanol–water partition coefficient (Wildman–Crippen LogP) is 7.37. The van der Waals surface area contributed by atoms with Crippen LogP contribution >= 0.6 is 0 Å². The lowest BCUT2D eigenvalue weighted by molar-refractivity contribution is 0.275. The molecule has 0 unspecified atom stereocenters. The predicted molar refractivity (Wildman–Crippen MR) is 114 cm³/mol. The molecule has 0 bridgehead atoms. The Bertz CT molecular complexity index is 280. The molecule has 0 aliphatic heterocycles. The third kappa shape index (κ3) is 5.96. The largest absolute Gasteiger partial charge is 0.416 e. The van der Waals surface area contributed by atoms with Crippen molar-refractivity contribution in [1.29, 1.82) is 0 Å². The van der Waals surface area contributed by atoms with Gasteiger partial charge in [0.1, 0.15) is 0 Å². The molecule has 0 saturated carbocycles. The van der Waals surface area contributed by atoms with Crippen LogP contribution in [0.3, 0.4) is 0 Å². The first-order valence-electron chi connectivity index (χ1n) is 10.4. The molecule has 0 rings (SSSR count). The molecule has 4 heteroatoms. The zero-order valence-corrected chi connectivity index (χ0v) is 20.4. The molecule has 0 spiro atoms. The minimum atomic E-state index is -1.76. The van der Waals surface area contributed by atoms with E-state index < -0.39 is 16.6 Å². The summed E-state index contributed by atoms with van der Waals surface area (Å²) in [6.45, 7) is 25.4. The molecule has 0 N–H and O–H groups in total. The van der Waals surface area contributed by atoms with Gasteiger partial charge in [0.2, 0.25) is 0 Å². The van der Waals surface area contributed by atoms with Gasteiger partial charge in [0.25, 0.3) is 0 Å². The Balaban J connectivity index is 5.49. The summed E-state index contributed by atoms with van der Waals surface area (Å²) in [4.78, 5) is 0. The molecular weight excluding hydrogens is 328 g/mol. The lowest BCUT2D eigenvalue weighted by Gasteiger charge is -2.44. The van der Waals surface area contributed by atoms with E-state index in [-0.39, 0.29) is 0 Å². The summed E-state index contributed by atoms with van der Waals surface area (Å²) in [5.41, 5.74) is 2.67. The second kappa shape index (κ2) is 11.1. The monoisotopic (exact) mass is 374 g/mol. The van der Waals surface area contributed by atoms with Gasteiger partial charge in [-0.3, -0.25) is 0 Å². The first kappa shape index (κ1) is 24.4. The summed E-state index contributed by atoms with van der Waals surface area (Å²) in [6.07, 6.45) is 2.24. The molecule has 0 aliphatic carbocycles. The molecule has 2 nitrogen and oxygen atoms in total. The van der Waals surface area contributed by atoms with Crippen molar-refractivity contribution in [3.05, 3.63) is 0 Å². The fourth-order valence-electron chi connectivity index (χ4n) is 4.27. The van der Waals surface area contributed by atoms with Crippen LogP contribution in [0.1, 0.15) is 82.1 Å². The molecule has 0 aromatic heterocycles. The molecule has 146 valence electrons. The van der Waals surface area contributed by atoms with Crippen molar-refractivity contribution in [2.24, 2.45) is 0 Å². The van der Waals surface area contributed by atoms with E-state index in [1.165, 1.54) is 12.1 Å². The van der Waals surface area contributed by atoms with E-state index in [1.807, 2.05) is 0 Å². The van der Waals surface area contributed by atoms with Crippen molar-refractivity contribution >= 4 is 16.6 Å². The molecule has 0 aromatic carbocycles. The maximum atomic E-state index is 6.67. The second-order valence-corrected chi connectivity index (χ2v) is 18.7. The van der Waals surface area contributed by atoms with Crippen LogP contribution < -0.4 is 0 Å². The average molecular weight is 375 g/mol. The van der Waals surface area contributed by atoms with Crippen LogP contribution in [0.2, 0.25) is 34.3 Å². The highest BCUT2D eigenvalue weighted by molar-refractivity contribution is 6.81. The van der Waals surface area contributed by atoms with Crippen LogP contribution in [-0.4, -0.2) is 29.8 Å². The van der Waals surface area contributed by atoms with Crippen molar-refractivity contribution in [2.45, 2.75) is 116 Å². The van der Waals surface area contributed by atoms with Crippen molar-refractivity contribution in [3.63, 3.8) is 0 Å². The van der Waals surface area contributed by atoms with E-state index in [0.717, 1.165) is 26.1 Å². The molecule has 0 fully saturated rings. The Hall–Kier alpha value is 0.354. The molecular formula is C20H46O2Si2. The number of hydrogen-bond donors (Lipinski definition) is 0. The smallest absolute Gasteiger partial charge is 0.197 e. The zero-order chi connectivity index (χ0) is 19.0. The average Bonchev–Trinajstić information content (AvgIpc) is 2.49. The van der Waals surface area contributed by atoms with Gasteiger partial charge >= 0.3 is 0 Å². The van der Waals surface area contributed by atoms with Crippen LogP contribution in [0.15, 0.2) is 0 Å². The summed E-state index contributed by atoms with van der Waals surface area (Å²) >= 11 is 0. The molecule has 0 radical (unpaired) electrons. The standard InChI is InChI=1S/C20H46O2Si2/c1-11-13-21-23(17(3)4,18(5)6)15-16-24(19(7)8,20(9)10)22-14-12-2/h17-20H,11-16H2,1-10H3. The molecule has 0 saturated heterocycles. The minimum Gasteiger partial charge on any atom is -0.416 e. The van der Waals surface area contributed by atoms with Gasteiger partial charge in [0.05, 0.1) is 0 Å². The summed E-state index contributed by atoms with van der Waals surface area (Å²) in [6, 6.07) is 2.54. The lowest BCUT2D eigenvalue weighted by Crippen LogP contribution is -2.50. The zero-order valence-electron chi connectivity index (χ0n) is 18.4. The summed E-state index contributed by atoms with van der Waals surface area (Å²) in [5, 5.41) is 0. The Kier molecular flexibility index (Phi) is 11.3. The van der Waals surface area contributed by atoms with E-state index in [9.17, 15) is 0 Å². The summed E-state index contributed by atoms with van der Waals surface area (Å²) in [5.74, 6) is 0. The molecule has 24 heavy (non-hydrogen) atoms. The van der Waals surface area contributed by atoms with Crippen LogP contribution in [0.5, 0.6) is 0 Å². The van der Waals surface area contributed by atoms with E-state index in [4.69, 9.17) is 8.85 Å². The van der Waals surface area contributed by atoms with Gasteiger partial charge in [0, 0.05) is 13.2 Å². The molecule has 0 aromatic rings. The Morgan fingerprint density at radius 3 is 0.958 bits per heavy atom. The van der Waals surface area contributed by atoms with Gasteiger partial charge in [-0.15, -0.1) is 0 Å². The van der Waals surface area contributed by atoms with Crippen molar-refractivity contribution < 1.29 is 8.85 Å². The van der Waals surface area contributed by atoms with Gasteiger partial charge in [-0.1, -0.05) is 69.2 Å². The van der Waals surface area contributed by atoms with Gasteiger partial charge in [-0.2, -0.15) is 0 Å². The summed E-state index contributed by atoms with van der Waals surface area (Å²) < 4.78 is 13.3. The minimum absolute atomic E-state index is 0.668. The molecule has 0 aliphatic rings. The van der Waals surface area contributed by atoms with Gasteiger partial charge < -0.3 is 8.85 Å². The number of hydrogen-bond acceptors (Lipinski definition) is 2. The van der Waals surface area contributed by atoms with E-state index in [0.29, 0.717) is 22.2 Å². The van der Waals surface area contributed by atoms with Gasteiger partial charge in [0.15, 0.2) is 16.6 Å². The van der Waals surface area contributed by atoms with Crippen molar-refractivity contribution in [2.75, 3.05) is 13.2 Å². The highest BCUT2D eigenvalue weighted by Gasteiger charge is 2.48. The van der Waals surface area contributed by atoms with Gasteiger partial charge in [-0.05, 0) is 47.1 Å². The Labute approximate surface area is 155 Å². The SMILES string of the molecule is CCCO[Si](CC[Si](OCCC)(C(C)C)C(C)C)(C(C)C)C(C)C. The van der Waals surface area contributed by atoms with Crippen LogP contribution in [0.25, 0.3) is 0 Å². The second-order valence-electron chi connectivity index (χ2n) is 8.73. The third-order valence-electron chi connectivity index (χ3n) is 5.97. The normalized spacial score (nSPS) is 13.8. The quantitative estimate of drug-likeness (QED) is 0.313. The van der Waals surface area contributed by atoms with E-state index in [2.05, 4.69) is 69.2 Å². The van der Waals surface area contributed by atoms with E-state index in [1.54, 1.807) is 0 Å². The van der Waals surface area contributed by atoms with E-state index >= 15 is 0 Å². The Morgan fingerprint density at radius 2 is 0.792 bits per heavy atom. The topological polar surface area (TPSA) is 18.5 Å². The third-order valence-corrected chi connectivity index (χ3v) is 17.8. The van der Waals surface area contributed by atoms with Crippen LogP contribution in [0, 0.1) is 0 Å². The molecule has 0 atom stereocenters.